The summed E-state index contributed by atoms with van der Waals surface area (Å²) in [5.41, 5.74) is 2.18. The number of carbonyl (C=O) groups excluding carboxylic acids is 1. The molecule has 3 aromatic rings. The molecule has 0 aliphatic rings. The molecule has 0 spiro atoms. The number of nitriles is 1. The molecule has 0 saturated carbocycles. The lowest BCUT2D eigenvalue weighted by Crippen LogP contribution is -2.16. The van der Waals surface area contributed by atoms with E-state index in [-0.39, 0.29) is 12.3 Å². The van der Waals surface area contributed by atoms with Gasteiger partial charge in [-0.05, 0) is 51.7 Å². The van der Waals surface area contributed by atoms with Crippen LogP contribution in [0.1, 0.15) is 29.5 Å². The zero-order valence-electron chi connectivity index (χ0n) is 16.8. The Morgan fingerprint density at radius 3 is 2.79 bits per heavy atom. The average Bonchev–Trinajstić information content (AvgIpc) is 3.26. The van der Waals surface area contributed by atoms with Gasteiger partial charge >= 0.3 is 0 Å². The summed E-state index contributed by atoms with van der Waals surface area (Å²) in [5.74, 6) is -0.135. The van der Waals surface area contributed by atoms with Crippen molar-refractivity contribution in [3.63, 3.8) is 0 Å². The highest BCUT2D eigenvalue weighted by atomic mass is 32.1. The van der Waals surface area contributed by atoms with Crippen LogP contribution in [0, 0.1) is 11.3 Å². The lowest BCUT2D eigenvalue weighted by Gasteiger charge is -2.08. The molecular weight excluding hydrogens is 404 g/mol. The number of hydrogen-bond donors (Lipinski definition) is 2. The van der Waals surface area contributed by atoms with Crippen molar-refractivity contribution in [3.05, 3.63) is 34.3 Å². The van der Waals surface area contributed by atoms with Crippen molar-refractivity contribution in [3.8, 4) is 6.07 Å². The van der Waals surface area contributed by atoms with Crippen molar-refractivity contribution in [1.29, 1.82) is 5.26 Å². The second kappa shape index (κ2) is 9.78. The second-order valence-electron chi connectivity index (χ2n) is 6.86. The standard InChI is InChI=1S/C20H24N6OS2/c1-4-16-15(24-19(28-16)22-8-5-9-26(2)3)11-18(27)25-20-23-14-7-6-13(12-21)10-17(14)29-20/h6-7,10H,4-5,8-9,11H2,1-3H3,(H,22,24)(H,23,25,27). The smallest absolute Gasteiger partial charge is 0.232 e. The van der Waals surface area contributed by atoms with E-state index < -0.39 is 0 Å². The molecule has 0 fully saturated rings. The molecule has 0 saturated heterocycles. The molecule has 29 heavy (non-hydrogen) atoms. The molecule has 0 bridgehead atoms. The number of aryl methyl sites for hydroxylation is 1. The van der Waals surface area contributed by atoms with Gasteiger partial charge in [0.05, 0.1) is 34.0 Å². The van der Waals surface area contributed by atoms with Crippen LogP contribution in [0.15, 0.2) is 18.2 Å². The predicted octanol–water partition coefficient (Wildman–Crippen LogP) is 3.73. The lowest BCUT2D eigenvalue weighted by atomic mass is 10.2. The number of rotatable bonds is 9. The maximum Gasteiger partial charge on any atom is 0.232 e. The first kappa shape index (κ1) is 21.2. The fourth-order valence-corrected chi connectivity index (χ4v) is 4.69. The Labute approximate surface area is 178 Å². The molecule has 0 unspecified atom stereocenters. The largest absolute Gasteiger partial charge is 0.361 e. The molecule has 0 aliphatic carbocycles. The van der Waals surface area contributed by atoms with E-state index in [9.17, 15) is 4.79 Å². The third kappa shape index (κ3) is 5.73. The van der Waals surface area contributed by atoms with Crippen LogP contribution in [0.2, 0.25) is 0 Å². The van der Waals surface area contributed by atoms with Crippen LogP contribution in [0.5, 0.6) is 0 Å². The minimum absolute atomic E-state index is 0.135. The number of thiazole rings is 2. The molecule has 9 heteroatoms. The van der Waals surface area contributed by atoms with E-state index in [0.29, 0.717) is 10.7 Å². The summed E-state index contributed by atoms with van der Waals surface area (Å²) in [6, 6.07) is 7.42. The number of nitrogens with zero attached hydrogens (tertiary/aromatic N) is 4. The van der Waals surface area contributed by atoms with E-state index in [1.54, 1.807) is 29.5 Å². The number of carbonyl (C=O) groups is 1. The average molecular weight is 429 g/mol. The van der Waals surface area contributed by atoms with Gasteiger partial charge in [0, 0.05) is 11.4 Å². The topological polar surface area (TPSA) is 93.9 Å². The van der Waals surface area contributed by atoms with Gasteiger partial charge in [-0.15, -0.1) is 11.3 Å². The summed E-state index contributed by atoms with van der Waals surface area (Å²) in [5, 5.41) is 16.6. The summed E-state index contributed by atoms with van der Waals surface area (Å²) in [6.07, 6.45) is 2.10. The molecule has 2 N–H and O–H groups in total. The monoisotopic (exact) mass is 428 g/mol. The van der Waals surface area contributed by atoms with Crippen molar-refractivity contribution in [1.82, 2.24) is 14.9 Å². The molecular formula is C20H24N6OS2. The third-order valence-corrected chi connectivity index (χ3v) is 6.38. The molecule has 2 heterocycles. The van der Waals surface area contributed by atoms with Gasteiger partial charge in [-0.1, -0.05) is 18.3 Å². The van der Waals surface area contributed by atoms with Crippen molar-refractivity contribution in [2.24, 2.45) is 0 Å². The van der Waals surface area contributed by atoms with Crippen LogP contribution in [-0.2, 0) is 17.6 Å². The molecule has 3 rings (SSSR count). The Balaban J connectivity index is 1.62. The van der Waals surface area contributed by atoms with Gasteiger partial charge in [0.25, 0.3) is 0 Å². The highest BCUT2D eigenvalue weighted by Gasteiger charge is 2.15. The van der Waals surface area contributed by atoms with Crippen LogP contribution in [0.3, 0.4) is 0 Å². The third-order valence-electron chi connectivity index (χ3n) is 4.25. The number of nitrogens with one attached hydrogen (secondary N) is 2. The summed E-state index contributed by atoms with van der Waals surface area (Å²) >= 11 is 2.98. The maximum absolute atomic E-state index is 12.5. The normalized spacial score (nSPS) is 11.0. The quantitative estimate of drug-likeness (QED) is 0.504. The van der Waals surface area contributed by atoms with Crippen LogP contribution >= 0.6 is 22.7 Å². The molecule has 1 aromatic carbocycles. The Morgan fingerprint density at radius 2 is 2.07 bits per heavy atom. The number of benzene rings is 1. The van der Waals surface area contributed by atoms with E-state index in [2.05, 4.69) is 52.6 Å². The minimum Gasteiger partial charge on any atom is -0.361 e. The summed E-state index contributed by atoms with van der Waals surface area (Å²) in [7, 11) is 4.12. The number of fused-ring (bicyclic) bond motifs is 1. The molecule has 0 atom stereocenters. The van der Waals surface area contributed by atoms with Crippen LogP contribution in [-0.4, -0.2) is 48.0 Å². The Hall–Kier alpha value is -2.54. The van der Waals surface area contributed by atoms with E-state index in [1.165, 1.54) is 11.3 Å². The predicted molar refractivity (Wildman–Crippen MR) is 120 cm³/mol. The zero-order chi connectivity index (χ0) is 20.8. The maximum atomic E-state index is 12.5. The highest BCUT2D eigenvalue weighted by Crippen LogP contribution is 2.28. The van der Waals surface area contributed by atoms with Crippen LogP contribution in [0.25, 0.3) is 10.2 Å². The number of anilines is 2. The first-order valence-corrected chi connectivity index (χ1v) is 11.1. The van der Waals surface area contributed by atoms with Gasteiger partial charge in [-0.3, -0.25) is 4.79 Å². The van der Waals surface area contributed by atoms with Crippen molar-refractivity contribution < 1.29 is 4.79 Å². The van der Waals surface area contributed by atoms with Gasteiger partial charge in [-0.2, -0.15) is 5.26 Å². The fraction of sp³-hybridized carbons (Fsp3) is 0.400. The van der Waals surface area contributed by atoms with Gasteiger partial charge in [0.2, 0.25) is 5.91 Å². The number of aromatic nitrogens is 2. The van der Waals surface area contributed by atoms with Crippen LogP contribution in [0.4, 0.5) is 10.3 Å². The molecule has 0 aliphatic heterocycles. The van der Waals surface area contributed by atoms with Gasteiger partial charge in [-0.25, -0.2) is 9.97 Å². The van der Waals surface area contributed by atoms with Crippen LogP contribution < -0.4 is 10.6 Å². The first-order chi connectivity index (χ1) is 14.0. The zero-order valence-corrected chi connectivity index (χ0v) is 18.4. The minimum atomic E-state index is -0.135. The van der Waals surface area contributed by atoms with E-state index in [4.69, 9.17) is 5.26 Å². The van der Waals surface area contributed by atoms with E-state index in [0.717, 1.165) is 51.9 Å². The van der Waals surface area contributed by atoms with Crippen molar-refractivity contribution in [2.75, 3.05) is 37.8 Å². The molecule has 2 aromatic heterocycles. The lowest BCUT2D eigenvalue weighted by molar-refractivity contribution is -0.115. The van der Waals surface area contributed by atoms with Gasteiger partial charge < -0.3 is 15.5 Å². The Morgan fingerprint density at radius 1 is 1.24 bits per heavy atom. The second-order valence-corrected chi connectivity index (χ2v) is 8.98. The number of hydrogen-bond acceptors (Lipinski definition) is 8. The molecule has 1 amide bonds. The van der Waals surface area contributed by atoms with E-state index >= 15 is 0 Å². The first-order valence-electron chi connectivity index (χ1n) is 9.46. The highest BCUT2D eigenvalue weighted by molar-refractivity contribution is 7.22. The van der Waals surface area contributed by atoms with E-state index in [1.807, 2.05) is 0 Å². The molecule has 7 nitrogen and oxygen atoms in total. The van der Waals surface area contributed by atoms with Crippen molar-refractivity contribution >= 4 is 49.1 Å². The van der Waals surface area contributed by atoms with Gasteiger partial charge in [0.1, 0.15) is 0 Å². The SMILES string of the molecule is CCc1sc(NCCCN(C)C)nc1CC(=O)Nc1nc2ccc(C#N)cc2s1. The summed E-state index contributed by atoms with van der Waals surface area (Å²) in [4.78, 5) is 24.9. The Bertz CT molecular complexity index is 1030. The summed E-state index contributed by atoms with van der Waals surface area (Å²) < 4.78 is 0.881. The Kier molecular flexibility index (Phi) is 7.14. The fourth-order valence-electron chi connectivity index (χ4n) is 2.83. The molecule has 0 radical (unpaired) electrons. The number of amides is 1. The summed E-state index contributed by atoms with van der Waals surface area (Å²) in [6.45, 7) is 3.95. The van der Waals surface area contributed by atoms with Gasteiger partial charge in [0.15, 0.2) is 10.3 Å². The molecule has 152 valence electrons. The van der Waals surface area contributed by atoms with Crippen molar-refractivity contribution in [2.45, 2.75) is 26.2 Å².